The molecule has 1 aliphatic heterocycles. The van der Waals surface area contributed by atoms with Crippen LogP contribution in [0.15, 0.2) is 41.8 Å². The predicted molar refractivity (Wildman–Crippen MR) is 106 cm³/mol. The number of aromatic nitrogens is 1. The van der Waals surface area contributed by atoms with E-state index in [1.54, 1.807) is 24.3 Å². The Balaban J connectivity index is 1.58. The van der Waals surface area contributed by atoms with Crippen LogP contribution in [0.5, 0.6) is 11.5 Å². The highest BCUT2D eigenvalue weighted by atomic mass is 32.1. The number of cyclic esters (lactones) is 1. The van der Waals surface area contributed by atoms with E-state index in [4.69, 9.17) is 14.2 Å². The van der Waals surface area contributed by atoms with E-state index in [1.807, 2.05) is 5.38 Å². The van der Waals surface area contributed by atoms with Crippen LogP contribution in [-0.2, 0) is 4.74 Å². The Morgan fingerprint density at radius 2 is 1.93 bits per heavy atom. The molecule has 1 atom stereocenters. The fourth-order valence-electron chi connectivity index (χ4n) is 3.05. The van der Waals surface area contributed by atoms with Gasteiger partial charge in [-0.05, 0) is 24.3 Å². The number of nitrogens with one attached hydrogen (secondary N) is 1. The first-order chi connectivity index (χ1) is 14.0. The molecule has 1 aliphatic rings. The fraction of sp³-hybridized carbons (Fsp3) is 0.158. The first kappa shape index (κ1) is 18.7. The van der Waals surface area contributed by atoms with Crippen molar-refractivity contribution in [3.05, 3.63) is 63.0 Å². The average molecular weight is 413 g/mol. The number of fused-ring (bicyclic) bond motifs is 1. The van der Waals surface area contributed by atoms with E-state index in [9.17, 15) is 14.9 Å². The van der Waals surface area contributed by atoms with Crippen LogP contribution in [0.2, 0.25) is 0 Å². The minimum Gasteiger partial charge on any atom is -0.493 e. The number of ether oxygens (including phenoxy) is 3. The number of nitro benzene ring substituents is 1. The zero-order chi connectivity index (χ0) is 20.5. The van der Waals surface area contributed by atoms with Crippen molar-refractivity contribution in [2.45, 2.75) is 6.23 Å². The lowest BCUT2D eigenvalue weighted by Gasteiger charge is -2.13. The summed E-state index contributed by atoms with van der Waals surface area (Å²) < 4.78 is 16.0. The summed E-state index contributed by atoms with van der Waals surface area (Å²) in [6, 6.07) is 9.58. The minimum absolute atomic E-state index is 0.0150. The lowest BCUT2D eigenvalue weighted by molar-refractivity contribution is -0.384. The van der Waals surface area contributed by atoms with Crippen molar-refractivity contribution in [1.82, 2.24) is 4.98 Å². The number of methoxy groups -OCH3 is 2. The van der Waals surface area contributed by atoms with E-state index < -0.39 is 17.1 Å². The van der Waals surface area contributed by atoms with E-state index in [1.165, 1.54) is 37.7 Å². The van der Waals surface area contributed by atoms with Crippen molar-refractivity contribution >= 4 is 28.1 Å². The third kappa shape index (κ3) is 3.34. The highest BCUT2D eigenvalue weighted by Gasteiger charge is 2.36. The minimum atomic E-state index is -0.715. The second-order valence-electron chi connectivity index (χ2n) is 6.04. The van der Waals surface area contributed by atoms with Crippen LogP contribution in [0.4, 0.5) is 10.8 Å². The molecule has 0 saturated heterocycles. The van der Waals surface area contributed by atoms with Gasteiger partial charge in [0.1, 0.15) is 5.56 Å². The molecular weight excluding hydrogens is 398 g/mol. The highest BCUT2D eigenvalue weighted by molar-refractivity contribution is 7.14. The molecule has 0 radical (unpaired) electrons. The maximum absolute atomic E-state index is 12.4. The number of thiazole rings is 1. The summed E-state index contributed by atoms with van der Waals surface area (Å²) in [7, 11) is 2.96. The molecular formula is C19H15N3O6S. The summed E-state index contributed by atoms with van der Waals surface area (Å²) >= 11 is 1.33. The van der Waals surface area contributed by atoms with Crippen LogP contribution in [0, 0.1) is 10.1 Å². The molecule has 0 spiro atoms. The molecule has 1 aromatic heterocycles. The maximum Gasteiger partial charge on any atom is 0.344 e. The fourth-order valence-corrected chi connectivity index (χ4v) is 3.78. The zero-order valence-corrected chi connectivity index (χ0v) is 16.2. The third-order valence-corrected chi connectivity index (χ3v) is 5.20. The van der Waals surface area contributed by atoms with Crippen molar-refractivity contribution in [2.24, 2.45) is 0 Å². The van der Waals surface area contributed by atoms with Crippen LogP contribution < -0.4 is 14.8 Å². The SMILES string of the molecule is COc1ccc2c(c1OC)C(=O)O[C@H]2Nc1nc(-c2ccc([N+](=O)[O-])cc2)cs1. The summed E-state index contributed by atoms with van der Waals surface area (Å²) in [6.45, 7) is 0. The third-order valence-electron chi connectivity index (χ3n) is 4.42. The molecule has 3 aromatic rings. The summed E-state index contributed by atoms with van der Waals surface area (Å²) in [4.78, 5) is 27.2. The Bertz CT molecular complexity index is 1100. The zero-order valence-electron chi connectivity index (χ0n) is 15.4. The van der Waals surface area contributed by atoms with E-state index in [-0.39, 0.29) is 5.69 Å². The lowest BCUT2D eigenvalue weighted by Crippen LogP contribution is -2.10. The second-order valence-corrected chi connectivity index (χ2v) is 6.89. The number of carbonyl (C=O) groups is 1. The molecule has 9 nitrogen and oxygen atoms in total. The Morgan fingerprint density at radius 3 is 2.59 bits per heavy atom. The van der Waals surface area contributed by atoms with Crippen molar-refractivity contribution < 1.29 is 23.9 Å². The largest absolute Gasteiger partial charge is 0.493 e. The Labute approximate surface area is 169 Å². The van der Waals surface area contributed by atoms with Crippen LogP contribution in [0.25, 0.3) is 11.3 Å². The van der Waals surface area contributed by atoms with Gasteiger partial charge in [0.15, 0.2) is 16.6 Å². The molecule has 1 N–H and O–H groups in total. The van der Waals surface area contributed by atoms with Gasteiger partial charge in [0.25, 0.3) is 5.69 Å². The van der Waals surface area contributed by atoms with Crippen molar-refractivity contribution in [3.8, 4) is 22.8 Å². The molecule has 10 heteroatoms. The molecule has 2 heterocycles. The van der Waals surface area contributed by atoms with Crippen LogP contribution in [-0.4, -0.2) is 30.1 Å². The first-order valence-electron chi connectivity index (χ1n) is 8.44. The predicted octanol–water partition coefficient (Wildman–Crippen LogP) is 4.02. The van der Waals surface area contributed by atoms with E-state index >= 15 is 0 Å². The molecule has 0 unspecified atom stereocenters. The Morgan fingerprint density at radius 1 is 1.17 bits per heavy atom. The Hall–Kier alpha value is -3.66. The summed E-state index contributed by atoms with van der Waals surface area (Å²) in [6.07, 6.45) is -0.715. The number of hydrogen-bond donors (Lipinski definition) is 1. The Kier molecular flexibility index (Phi) is 4.77. The number of benzene rings is 2. The standard InChI is InChI=1S/C19H15N3O6S/c1-26-14-8-7-12-15(16(14)27-2)18(23)28-17(12)21-19-20-13(9-29-19)10-3-5-11(6-4-10)22(24)25/h3-9,17H,1-2H3,(H,20,21)/t17-/m1/s1. The number of anilines is 1. The quantitative estimate of drug-likeness (QED) is 0.366. The van der Waals surface area contributed by atoms with Gasteiger partial charge in [-0.15, -0.1) is 11.3 Å². The topological polar surface area (TPSA) is 113 Å². The lowest BCUT2D eigenvalue weighted by atomic mass is 10.1. The molecule has 148 valence electrons. The number of nitrogens with zero attached hydrogens (tertiary/aromatic N) is 2. The van der Waals surface area contributed by atoms with Gasteiger partial charge in [-0.3, -0.25) is 10.1 Å². The van der Waals surface area contributed by atoms with Crippen LogP contribution >= 0.6 is 11.3 Å². The normalized spacial score (nSPS) is 14.8. The summed E-state index contributed by atoms with van der Waals surface area (Å²) in [5.41, 5.74) is 2.36. The molecule has 0 fully saturated rings. The number of nitro groups is 1. The van der Waals surface area contributed by atoms with Gasteiger partial charge >= 0.3 is 5.97 Å². The monoisotopic (exact) mass is 413 g/mol. The van der Waals surface area contributed by atoms with Gasteiger partial charge in [-0.2, -0.15) is 0 Å². The maximum atomic E-state index is 12.4. The average Bonchev–Trinajstić information content (AvgIpc) is 3.32. The molecule has 0 bridgehead atoms. The van der Waals surface area contributed by atoms with Crippen molar-refractivity contribution in [1.29, 1.82) is 0 Å². The summed E-state index contributed by atoms with van der Waals surface area (Å²) in [5.74, 6) is 0.254. The van der Waals surface area contributed by atoms with E-state index in [0.717, 1.165) is 5.56 Å². The summed E-state index contributed by atoms with van der Waals surface area (Å²) in [5, 5.41) is 16.2. The van der Waals surface area contributed by atoms with Gasteiger partial charge < -0.3 is 19.5 Å². The first-order valence-corrected chi connectivity index (χ1v) is 9.32. The van der Waals surface area contributed by atoms with Crippen molar-refractivity contribution in [3.63, 3.8) is 0 Å². The number of esters is 1. The number of hydrogen-bond acceptors (Lipinski definition) is 9. The van der Waals surface area contributed by atoms with E-state index in [2.05, 4.69) is 10.3 Å². The molecule has 0 saturated carbocycles. The smallest absolute Gasteiger partial charge is 0.344 e. The number of rotatable bonds is 6. The van der Waals surface area contributed by atoms with Crippen molar-refractivity contribution in [2.75, 3.05) is 19.5 Å². The molecule has 29 heavy (non-hydrogen) atoms. The number of non-ortho nitro benzene ring substituents is 1. The molecule has 0 aliphatic carbocycles. The van der Waals surface area contributed by atoms with Gasteiger partial charge in [0, 0.05) is 28.6 Å². The van der Waals surface area contributed by atoms with Gasteiger partial charge in [0.05, 0.1) is 24.8 Å². The van der Waals surface area contributed by atoms with Crippen LogP contribution in [0.3, 0.4) is 0 Å². The molecule has 2 aromatic carbocycles. The molecule has 4 rings (SSSR count). The van der Waals surface area contributed by atoms with Crippen LogP contribution in [0.1, 0.15) is 22.1 Å². The van der Waals surface area contributed by atoms with Gasteiger partial charge in [-0.25, -0.2) is 9.78 Å². The van der Waals surface area contributed by atoms with Gasteiger partial charge in [-0.1, -0.05) is 0 Å². The molecule has 0 amide bonds. The number of carbonyl (C=O) groups excluding carboxylic acids is 1. The van der Waals surface area contributed by atoms with E-state index in [0.29, 0.717) is 33.5 Å². The second kappa shape index (κ2) is 7.40. The van der Waals surface area contributed by atoms with Gasteiger partial charge in [0.2, 0.25) is 6.23 Å². The highest BCUT2D eigenvalue weighted by Crippen LogP contribution is 2.42.